The third-order valence-corrected chi connectivity index (χ3v) is 2.67. The highest BCUT2D eigenvalue weighted by molar-refractivity contribution is 5.66. The molecule has 0 unspecified atom stereocenters. The van der Waals surface area contributed by atoms with Crippen LogP contribution >= 0.6 is 0 Å². The van der Waals surface area contributed by atoms with Gasteiger partial charge in [0.25, 0.3) is 0 Å². The van der Waals surface area contributed by atoms with E-state index in [9.17, 15) is 4.39 Å². The molecule has 0 heterocycles. The van der Waals surface area contributed by atoms with Gasteiger partial charge in [-0.05, 0) is 44.5 Å². The van der Waals surface area contributed by atoms with E-state index in [1.807, 2.05) is 45.0 Å². The summed E-state index contributed by atoms with van der Waals surface area (Å²) in [6, 6.07) is 12.7. The second-order valence-corrected chi connectivity index (χ2v) is 4.67. The Balaban J connectivity index is 2.39. The number of hydrogen-bond donors (Lipinski definition) is 0. The minimum atomic E-state index is -0.227. The van der Waals surface area contributed by atoms with Gasteiger partial charge in [-0.3, -0.25) is 0 Å². The Hall–Kier alpha value is -1.83. The lowest BCUT2D eigenvalue weighted by Gasteiger charge is -2.12. The van der Waals surface area contributed by atoms with Crippen molar-refractivity contribution in [1.82, 2.24) is 0 Å². The van der Waals surface area contributed by atoms with Crippen molar-refractivity contribution in [1.29, 1.82) is 0 Å². The van der Waals surface area contributed by atoms with Crippen LogP contribution in [0.4, 0.5) is 4.39 Å². The first kappa shape index (κ1) is 12.6. The molecule has 0 amide bonds. The van der Waals surface area contributed by atoms with Crippen LogP contribution in [-0.4, -0.2) is 6.10 Å². The highest BCUT2D eigenvalue weighted by atomic mass is 19.1. The van der Waals surface area contributed by atoms with Crippen molar-refractivity contribution in [2.24, 2.45) is 0 Å². The molecule has 0 atom stereocenters. The van der Waals surface area contributed by atoms with Gasteiger partial charge in [-0.1, -0.05) is 29.8 Å². The van der Waals surface area contributed by atoms with Gasteiger partial charge in [0, 0.05) is 5.56 Å². The molecule has 18 heavy (non-hydrogen) atoms. The van der Waals surface area contributed by atoms with Crippen LogP contribution < -0.4 is 4.74 Å². The molecular weight excluding hydrogens is 227 g/mol. The molecule has 0 radical (unpaired) electrons. The fourth-order valence-electron chi connectivity index (χ4n) is 1.80. The Kier molecular flexibility index (Phi) is 3.66. The molecule has 2 aromatic rings. The number of hydrogen-bond acceptors (Lipinski definition) is 1. The van der Waals surface area contributed by atoms with Crippen molar-refractivity contribution >= 4 is 0 Å². The van der Waals surface area contributed by atoms with Crippen LogP contribution in [0, 0.1) is 12.7 Å². The predicted octanol–water partition coefficient (Wildman–Crippen LogP) is 4.59. The monoisotopic (exact) mass is 244 g/mol. The molecule has 0 fully saturated rings. The Labute approximate surface area is 107 Å². The molecule has 2 aromatic carbocycles. The smallest absolute Gasteiger partial charge is 0.131 e. The number of aryl methyl sites for hydroxylation is 1. The van der Waals surface area contributed by atoms with Gasteiger partial charge < -0.3 is 4.74 Å². The third kappa shape index (κ3) is 2.89. The second-order valence-electron chi connectivity index (χ2n) is 4.67. The summed E-state index contributed by atoms with van der Waals surface area (Å²) in [5, 5.41) is 0. The predicted molar refractivity (Wildman–Crippen MR) is 72.3 cm³/mol. The normalized spacial score (nSPS) is 10.7. The highest BCUT2D eigenvalue weighted by Crippen LogP contribution is 2.27. The lowest BCUT2D eigenvalue weighted by atomic mass is 10.0. The quantitative estimate of drug-likeness (QED) is 0.767. The standard InChI is InChI=1S/C16H17FO/c1-11(2)18-14-8-9-16(17)15(10-14)13-6-4-12(3)5-7-13/h4-11H,1-3H3. The van der Waals surface area contributed by atoms with Crippen molar-refractivity contribution in [3.05, 3.63) is 53.8 Å². The van der Waals surface area contributed by atoms with Crippen molar-refractivity contribution < 1.29 is 9.13 Å². The van der Waals surface area contributed by atoms with Crippen molar-refractivity contribution in [2.75, 3.05) is 0 Å². The average Bonchev–Trinajstić information content (AvgIpc) is 2.32. The average molecular weight is 244 g/mol. The molecule has 0 saturated carbocycles. The molecule has 0 saturated heterocycles. The van der Waals surface area contributed by atoms with Crippen LogP contribution in [-0.2, 0) is 0 Å². The summed E-state index contributed by atoms with van der Waals surface area (Å²) in [5.41, 5.74) is 2.61. The Morgan fingerprint density at radius 3 is 2.28 bits per heavy atom. The summed E-state index contributed by atoms with van der Waals surface area (Å²) in [5.74, 6) is 0.469. The van der Waals surface area contributed by atoms with E-state index >= 15 is 0 Å². The fourth-order valence-corrected chi connectivity index (χ4v) is 1.80. The maximum Gasteiger partial charge on any atom is 0.131 e. The molecule has 0 bridgehead atoms. The first-order valence-corrected chi connectivity index (χ1v) is 6.09. The molecule has 0 spiro atoms. The minimum absolute atomic E-state index is 0.0846. The summed E-state index contributed by atoms with van der Waals surface area (Å²) in [4.78, 5) is 0. The molecule has 1 nitrogen and oxygen atoms in total. The van der Waals surface area contributed by atoms with E-state index in [-0.39, 0.29) is 11.9 Å². The first-order valence-electron chi connectivity index (χ1n) is 6.09. The molecular formula is C16H17FO. The van der Waals surface area contributed by atoms with Gasteiger partial charge in [0.15, 0.2) is 0 Å². The Bertz CT molecular complexity index is 529. The number of ether oxygens (including phenoxy) is 1. The van der Waals surface area contributed by atoms with Gasteiger partial charge >= 0.3 is 0 Å². The Morgan fingerprint density at radius 1 is 1.00 bits per heavy atom. The van der Waals surface area contributed by atoms with E-state index in [0.29, 0.717) is 11.3 Å². The zero-order valence-corrected chi connectivity index (χ0v) is 10.9. The van der Waals surface area contributed by atoms with Crippen LogP contribution in [0.5, 0.6) is 5.75 Å². The second kappa shape index (κ2) is 5.21. The van der Waals surface area contributed by atoms with E-state index < -0.39 is 0 Å². The molecule has 0 aliphatic rings. The van der Waals surface area contributed by atoms with Crippen LogP contribution in [0.3, 0.4) is 0 Å². The van der Waals surface area contributed by atoms with Crippen molar-refractivity contribution in [3.63, 3.8) is 0 Å². The lowest BCUT2D eigenvalue weighted by molar-refractivity contribution is 0.242. The molecule has 94 valence electrons. The van der Waals surface area contributed by atoms with E-state index in [1.54, 1.807) is 12.1 Å². The maximum atomic E-state index is 13.8. The van der Waals surface area contributed by atoms with Gasteiger partial charge in [-0.15, -0.1) is 0 Å². The number of benzene rings is 2. The molecule has 0 aliphatic carbocycles. The van der Waals surface area contributed by atoms with Gasteiger partial charge in [-0.25, -0.2) is 4.39 Å². The fraction of sp³-hybridized carbons (Fsp3) is 0.250. The summed E-state index contributed by atoms with van der Waals surface area (Å²) < 4.78 is 19.4. The van der Waals surface area contributed by atoms with Gasteiger partial charge in [0.2, 0.25) is 0 Å². The molecule has 0 aromatic heterocycles. The summed E-state index contributed by atoms with van der Waals surface area (Å²) in [6.07, 6.45) is 0.0846. The van der Waals surface area contributed by atoms with Crippen molar-refractivity contribution in [2.45, 2.75) is 26.9 Å². The topological polar surface area (TPSA) is 9.23 Å². The minimum Gasteiger partial charge on any atom is -0.491 e. The number of halogens is 1. The molecule has 2 rings (SSSR count). The largest absolute Gasteiger partial charge is 0.491 e. The molecule has 2 heteroatoms. The van der Waals surface area contributed by atoms with E-state index in [4.69, 9.17) is 4.74 Å². The number of rotatable bonds is 3. The summed E-state index contributed by atoms with van der Waals surface area (Å²) >= 11 is 0. The van der Waals surface area contributed by atoms with Gasteiger partial charge in [0.1, 0.15) is 11.6 Å². The van der Waals surface area contributed by atoms with Crippen LogP contribution in [0.1, 0.15) is 19.4 Å². The molecule has 0 aliphatic heterocycles. The maximum absolute atomic E-state index is 13.8. The Morgan fingerprint density at radius 2 is 1.67 bits per heavy atom. The van der Waals surface area contributed by atoms with Crippen LogP contribution in [0.15, 0.2) is 42.5 Å². The van der Waals surface area contributed by atoms with E-state index in [1.165, 1.54) is 6.07 Å². The van der Waals surface area contributed by atoms with Crippen LogP contribution in [0.25, 0.3) is 11.1 Å². The van der Waals surface area contributed by atoms with Crippen molar-refractivity contribution in [3.8, 4) is 16.9 Å². The van der Waals surface area contributed by atoms with Gasteiger partial charge in [-0.2, -0.15) is 0 Å². The summed E-state index contributed by atoms with van der Waals surface area (Å²) in [7, 11) is 0. The third-order valence-electron chi connectivity index (χ3n) is 2.67. The first-order chi connectivity index (χ1) is 8.56. The van der Waals surface area contributed by atoms with Gasteiger partial charge in [0.05, 0.1) is 6.10 Å². The lowest BCUT2D eigenvalue weighted by Crippen LogP contribution is -2.05. The molecule has 0 N–H and O–H groups in total. The zero-order chi connectivity index (χ0) is 13.1. The van der Waals surface area contributed by atoms with Crippen LogP contribution in [0.2, 0.25) is 0 Å². The van der Waals surface area contributed by atoms with E-state index in [2.05, 4.69) is 0 Å². The zero-order valence-electron chi connectivity index (χ0n) is 10.9. The van der Waals surface area contributed by atoms with E-state index in [0.717, 1.165) is 11.1 Å². The SMILES string of the molecule is Cc1ccc(-c2cc(OC(C)C)ccc2F)cc1. The highest BCUT2D eigenvalue weighted by Gasteiger charge is 2.07. The summed E-state index contributed by atoms with van der Waals surface area (Å²) in [6.45, 7) is 5.92.